The highest BCUT2D eigenvalue weighted by atomic mass is 32.1. The topological polar surface area (TPSA) is 62.2 Å². The third-order valence-corrected chi connectivity index (χ3v) is 3.78. The summed E-state index contributed by atoms with van der Waals surface area (Å²) in [5.41, 5.74) is 0. The van der Waals surface area contributed by atoms with E-state index in [1.54, 1.807) is 6.20 Å². The van der Waals surface area contributed by atoms with Gasteiger partial charge in [-0.3, -0.25) is 4.79 Å². The summed E-state index contributed by atoms with van der Waals surface area (Å²) in [4.78, 5) is 15.3. The molecule has 2 rings (SSSR count). The van der Waals surface area contributed by atoms with E-state index in [1.807, 2.05) is 5.38 Å². The lowest BCUT2D eigenvalue weighted by molar-refractivity contribution is -0.142. The zero-order chi connectivity index (χ0) is 11.4. The van der Waals surface area contributed by atoms with E-state index in [0.717, 1.165) is 37.2 Å². The first-order valence-electron chi connectivity index (χ1n) is 5.66. The molecule has 0 aliphatic heterocycles. The van der Waals surface area contributed by atoms with Crippen molar-refractivity contribution in [2.24, 2.45) is 5.92 Å². The van der Waals surface area contributed by atoms with Gasteiger partial charge in [0.05, 0.1) is 5.92 Å². The van der Waals surface area contributed by atoms with Crippen LogP contribution in [-0.4, -0.2) is 22.1 Å². The summed E-state index contributed by atoms with van der Waals surface area (Å²) in [5, 5.41) is 15.2. The van der Waals surface area contributed by atoms with E-state index in [2.05, 4.69) is 10.3 Å². The van der Waals surface area contributed by atoms with Crippen molar-refractivity contribution in [2.45, 2.75) is 38.1 Å². The Bertz CT molecular complexity index is 340. The molecule has 2 unspecified atom stereocenters. The quantitative estimate of drug-likeness (QED) is 0.797. The maximum Gasteiger partial charge on any atom is 0.308 e. The Hall–Kier alpha value is -1.10. The molecule has 88 valence electrons. The van der Waals surface area contributed by atoms with E-state index < -0.39 is 5.97 Å². The molecular formula is C11H16N2O2S. The van der Waals surface area contributed by atoms with Crippen LogP contribution in [0.25, 0.3) is 0 Å². The van der Waals surface area contributed by atoms with Gasteiger partial charge in [0.25, 0.3) is 0 Å². The Labute approximate surface area is 98.7 Å². The third-order valence-electron chi connectivity index (χ3n) is 3.07. The largest absolute Gasteiger partial charge is 0.481 e. The monoisotopic (exact) mass is 240 g/mol. The summed E-state index contributed by atoms with van der Waals surface area (Å²) in [5.74, 6) is -0.956. The lowest BCUT2D eigenvalue weighted by Gasteiger charge is -2.22. The molecule has 4 nitrogen and oxygen atoms in total. The number of hydrogen-bond donors (Lipinski definition) is 2. The van der Waals surface area contributed by atoms with E-state index in [-0.39, 0.29) is 12.0 Å². The van der Waals surface area contributed by atoms with Crippen LogP contribution in [0.2, 0.25) is 0 Å². The molecule has 1 aromatic heterocycles. The van der Waals surface area contributed by atoms with Crippen LogP contribution in [0.1, 0.15) is 32.1 Å². The molecule has 1 aromatic rings. The van der Waals surface area contributed by atoms with E-state index in [0.29, 0.717) is 0 Å². The van der Waals surface area contributed by atoms with Gasteiger partial charge >= 0.3 is 5.97 Å². The van der Waals surface area contributed by atoms with Gasteiger partial charge in [-0.1, -0.05) is 19.3 Å². The third kappa shape index (κ3) is 2.72. The van der Waals surface area contributed by atoms with Crippen molar-refractivity contribution in [2.75, 3.05) is 5.32 Å². The zero-order valence-corrected chi connectivity index (χ0v) is 9.87. The van der Waals surface area contributed by atoms with Crippen LogP contribution in [-0.2, 0) is 4.79 Å². The first-order chi connectivity index (χ1) is 7.77. The fourth-order valence-electron chi connectivity index (χ4n) is 2.23. The molecule has 0 saturated heterocycles. The van der Waals surface area contributed by atoms with Gasteiger partial charge in [-0.25, -0.2) is 4.98 Å². The maximum atomic E-state index is 11.2. The lowest BCUT2D eigenvalue weighted by Crippen LogP contribution is -2.33. The van der Waals surface area contributed by atoms with E-state index >= 15 is 0 Å². The Morgan fingerprint density at radius 2 is 2.25 bits per heavy atom. The van der Waals surface area contributed by atoms with Crippen molar-refractivity contribution in [1.29, 1.82) is 0 Å². The van der Waals surface area contributed by atoms with Gasteiger partial charge in [-0.15, -0.1) is 11.3 Å². The highest BCUT2D eigenvalue weighted by molar-refractivity contribution is 7.13. The number of nitrogens with one attached hydrogen (secondary N) is 1. The predicted molar refractivity (Wildman–Crippen MR) is 63.7 cm³/mol. The SMILES string of the molecule is O=C(O)C1CCCCCC1Nc1nccs1. The van der Waals surface area contributed by atoms with Gasteiger partial charge in [0, 0.05) is 17.6 Å². The van der Waals surface area contributed by atoms with Gasteiger partial charge < -0.3 is 10.4 Å². The number of hydrogen-bond acceptors (Lipinski definition) is 4. The summed E-state index contributed by atoms with van der Waals surface area (Å²) >= 11 is 1.52. The van der Waals surface area contributed by atoms with Crippen LogP contribution in [0.5, 0.6) is 0 Å². The molecule has 16 heavy (non-hydrogen) atoms. The van der Waals surface area contributed by atoms with Crippen LogP contribution in [0.15, 0.2) is 11.6 Å². The second-order valence-electron chi connectivity index (χ2n) is 4.17. The van der Waals surface area contributed by atoms with Crippen LogP contribution in [0.3, 0.4) is 0 Å². The normalized spacial score (nSPS) is 26.0. The van der Waals surface area contributed by atoms with Crippen LogP contribution >= 0.6 is 11.3 Å². The van der Waals surface area contributed by atoms with Crippen LogP contribution in [0.4, 0.5) is 5.13 Å². The van der Waals surface area contributed by atoms with Gasteiger partial charge in [0.1, 0.15) is 0 Å². The molecule has 1 heterocycles. The summed E-state index contributed by atoms with van der Waals surface area (Å²) in [7, 11) is 0. The smallest absolute Gasteiger partial charge is 0.308 e. The Kier molecular flexibility index (Phi) is 3.77. The Balaban J connectivity index is 2.05. The number of anilines is 1. The lowest BCUT2D eigenvalue weighted by atomic mass is 9.95. The zero-order valence-electron chi connectivity index (χ0n) is 9.06. The summed E-state index contributed by atoms with van der Waals surface area (Å²) in [6.45, 7) is 0. The average molecular weight is 240 g/mol. The molecule has 1 aliphatic carbocycles. The van der Waals surface area contributed by atoms with Crippen molar-refractivity contribution in [3.05, 3.63) is 11.6 Å². The molecule has 0 radical (unpaired) electrons. The summed E-state index contributed by atoms with van der Waals surface area (Å²) < 4.78 is 0. The molecule has 2 N–H and O–H groups in total. The van der Waals surface area contributed by atoms with Gasteiger partial charge in [-0.2, -0.15) is 0 Å². The average Bonchev–Trinajstić information content (AvgIpc) is 2.63. The first kappa shape index (κ1) is 11.4. The Morgan fingerprint density at radius 3 is 2.94 bits per heavy atom. The van der Waals surface area contributed by atoms with Gasteiger partial charge in [0.2, 0.25) is 0 Å². The van der Waals surface area contributed by atoms with Crippen molar-refractivity contribution < 1.29 is 9.90 Å². The highest BCUT2D eigenvalue weighted by Crippen LogP contribution is 2.27. The molecule has 0 amide bonds. The Morgan fingerprint density at radius 1 is 1.44 bits per heavy atom. The standard InChI is InChI=1S/C11H16N2O2S/c14-10(15)8-4-2-1-3-5-9(8)13-11-12-6-7-16-11/h6-9H,1-5H2,(H,12,13)(H,14,15). The second kappa shape index (κ2) is 5.30. The fourth-order valence-corrected chi connectivity index (χ4v) is 2.82. The second-order valence-corrected chi connectivity index (χ2v) is 5.07. The van der Waals surface area contributed by atoms with Crippen molar-refractivity contribution in [1.82, 2.24) is 4.98 Å². The number of aliphatic carboxylic acids is 1. The van der Waals surface area contributed by atoms with Crippen LogP contribution < -0.4 is 5.32 Å². The molecule has 1 saturated carbocycles. The molecule has 0 bridgehead atoms. The van der Waals surface area contributed by atoms with Crippen molar-refractivity contribution >= 4 is 22.4 Å². The maximum absolute atomic E-state index is 11.2. The van der Waals surface area contributed by atoms with Gasteiger partial charge in [-0.05, 0) is 12.8 Å². The number of aromatic nitrogens is 1. The minimum Gasteiger partial charge on any atom is -0.481 e. The molecule has 0 spiro atoms. The minimum absolute atomic E-state index is 0.0335. The summed E-state index contributed by atoms with van der Waals surface area (Å²) in [6, 6.07) is 0.0335. The molecule has 1 aliphatic rings. The fraction of sp³-hybridized carbons (Fsp3) is 0.636. The summed E-state index contributed by atoms with van der Waals surface area (Å²) in [6.07, 6.45) is 6.70. The number of carbonyl (C=O) groups is 1. The number of nitrogens with zero attached hydrogens (tertiary/aromatic N) is 1. The molecule has 2 atom stereocenters. The number of thiazole rings is 1. The number of carboxylic acids is 1. The predicted octanol–water partition coefficient (Wildman–Crippen LogP) is 2.59. The minimum atomic E-state index is -0.684. The highest BCUT2D eigenvalue weighted by Gasteiger charge is 2.29. The molecular weight excluding hydrogens is 224 g/mol. The van der Waals surface area contributed by atoms with E-state index in [4.69, 9.17) is 0 Å². The molecule has 1 fully saturated rings. The van der Waals surface area contributed by atoms with Crippen molar-refractivity contribution in [3.8, 4) is 0 Å². The van der Waals surface area contributed by atoms with E-state index in [9.17, 15) is 9.90 Å². The number of rotatable bonds is 3. The first-order valence-corrected chi connectivity index (χ1v) is 6.54. The number of carboxylic acid groups (broad SMARTS) is 1. The molecule has 5 heteroatoms. The van der Waals surface area contributed by atoms with Gasteiger partial charge in [0.15, 0.2) is 5.13 Å². The van der Waals surface area contributed by atoms with E-state index in [1.165, 1.54) is 11.3 Å². The molecule has 0 aromatic carbocycles. The van der Waals surface area contributed by atoms with Crippen molar-refractivity contribution in [3.63, 3.8) is 0 Å². The van der Waals surface area contributed by atoms with Crippen LogP contribution in [0, 0.1) is 5.92 Å².